The lowest BCUT2D eigenvalue weighted by molar-refractivity contribution is 0.0996. The van der Waals surface area contributed by atoms with E-state index in [0.29, 0.717) is 28.4 Å². The van der Waals surface area contributed by atoms with Crippen molar-refractivity contribution in [2.24, 2.45) is 5.73 Å². The number of rotatable bonds is 5. The molecule has 0 aliphatic heterocycles. The van der Waals surface area contributed by atoms with Crippen LogP contribution in [-0.2, 0) is 6.54 Å². The van der Waals surface area contributed by atoms with E-state index in [0.717, 1.165) is 5.56 Å². The van der Waals surface area contributed by atoms with E-state index in [1.807, 2.05) is 18.2 Å². The van der Waals surface area contributed by atoms with Crippen LogP contribution >= 0.6 is 11.6 Å². The van der Waals surface area contributed by atoms with Crippen molar-refractivity contribution in [3.63, 3.8) is 0 Å². The van der Waals surface area contributed by atoms with Crippen LogP contribution in [0.5, 0.6) is 0 Å². The van der Waals surface area contributed by atoms with E-state index in [1.54, 1.807) is 35.1 Å². The molecule has 0 fully saturated rings. The van der Waals surface area contributed by atoms with Crippen LogP contribution in [0.2, 0.25) is 5.02 Å². The van der Waals surface area contributed by atoms with Crippen molar-refractivity contribution in [3.05, 3.63) is 82.6 Å². The number of halogens is 1. The highest BCUT2D eigenvalue weighted by molar-refractivity contribution is 6.31. The van der Waals surface area contributed by atoms with Crippen molar-refractivity contribution >= 4 is 29.1 Å². The van der Waals surface area contributed by atoms with Crippen LogP contribution in [0.15, 0.2) is 60.9 Å². The summed E-state index contributed by atoms with van der Waals surface area (Å²) in [7, 11) is 0. The first-order valence-electron chi connectivity index (χ1n) is 7.50. The third-order valence-corrected chi connectivity index (χ3v) is 3.96. The largest absolute Gasteiger partial charge is 0.366 e. The molecule has 1 heterocycles. The molecular formula is C18H15ClN4O2. The molecule has 0 aliphatic rings. The molecule has 2 aromatic carbocycles. The zero-order chi connectivity index (χ0) is 17.8. The average Bonchev–Trinajstić information content (AvgIpc) is 3.06. The fourth-order valence-corrected chi connectivity index (χ4v) is 2.52. The Morgan fingerprint density at radius 3 is 2.68 bits per heavy atom. The zero-order valence-electron chi connectivity index (χ0n) is 13.1. The number of carbonyl (C=O) groups is 2. The molecule has 0 spiro atoms. The Labute approximate surface area is 149 Å². The summed E-state index contributed by atoms with van der Waals surface area (Å²) in [6.45, 7) is 0.462. The van der Waals surface area contributed by atoms with Gasteiger partial charge in [0.2, 0.25) is 5.91 Å². The van der Waals surface area contributed by atoms with Gasteiger partial charge < -0.3 is 11.1 Å². The van der Waals surface area contributed by atoms with Crippen LogP contribution < -0.4 is 11.1 Å². The molecule has 25 heavy (non-hydrogen) atoms. The van der Waals surface area contributed by atoms with Gasteiger partial charge in [-0.25, -0.2) is 0 Å². The van der Waals surface area contributed by atoms with Gasteiger partial charge in [-0.3, -0.25) is 14.3 Å². The molecule has 126 valence electrons. The predicted octanol–water partition coefficient (Wildman–Crippen LogP) is 2.94. The van der Waals surface area contributed by atoms with Crippen molar-refractivity contribution in [2.75, 3.05) is 5.32 Å². The summed E-state index contributed by atoms with van der Waals surface area (Å²) in [6, 6.07) is 13.9. The number of benzene rings is 2. The minimum Gasteiger partial charge on any atom is -0.366 e. The fourth-order valence-electron chi connectivity index (χ4n) is 2.32. The van der Waals surface area contributed by atoms with Gasteiger partial charge in [0, 0.05) is 22.5 Å². The Hall–Kier alpha value is -3.12. The minimum atomic E-state index is -0.552. The van der Waals surface area contributed by atoms with Gasteiger partial charge >= 0.3 is 0 Å². The first-order chi connectivity index (χ1) is 12.0. The smallest absolute Gasteiger partial charge is 0.258 e. The van der Waals surface area contributed by atoms with Crippen molar-refractivity contribution in [2.45, 2.75) is 6.54 Å². The molecule has 0 saturated carbocycles. The third kappa shape index (κ3) is 4.05. The van der Waals surface area contributed by atoms with Crippen molar-refractivity contribution in [1.82, 2.24) is 9.78 Å². The van der Waals surface area contributed by atoms with E-state index in [9.17, 15) is 9.59 Å². The summed E-state index contributed by atoms with van der Waals surface area (Å²) in [5.41, 5.74) is 7.36. The summed E-state index contributed by atoms with van der Waals surface area (Å²) < 4.78 is 1.63. The first-order valence-corrected chi connectivity index (χ1v) is 7.88. The SMILES string of the molecule is NC(=O)c1cccc(NC(=O)c2cnn(Cc3ccccc3Cl)c2)c1. The Balaban J connectivity index is 1.72. The summed E-state index contributed by atoms with van der Waals surface area (Å²) >= 11 is 6.13. The summed E-state index contributed by atoms with van der Waals surface area (Å²) in [5.74, 6) is -0.879. The van der Waals surface area contributed by atoms with Crippen molar-refractivity contribution < 1.29 is 9.59 Å². The molecule has 0 unspecified atom stereocenters. The van der Waals surface area contributed by atoms with Gasteiger partial charge in [0.25, 0.3) is 5.91 Å². The maximum atomic E-state index is 12.3. The van der Waals surface area contributed by atoms with Crippen LogP contribution in [0.4, 0.5) is 5.69 Å². The molecule has 0 saturated heterocycles. The molecule has 3 aromatic rings. The van der Waals surface area contributed by atoms with Crippen LogP contribution in [0.25, 0.3) is 0 Å². The number of hydrogen-bond acceptors (Lipinski definition) is 3. The van der Waals surface area contributed by atoms with E-state index >= 15 is 0 Å². The molecule has 1 aromatic heterocycles. The molecule has 0 aliphatic carbocycles. The van der Waals surface area contributed by atoms with E-state index in [1.165, 1.54) is 12.3 Å². The second kappa shape index (κ2) is 7.19. The minimum absolute atomic E-state index is 0.326. The highest BCUT2D eigenvalue weighted by Gasteiger charge is 2.11. The Kier molecular flexibility index (Phi) is 4.81. The van der Waals surface area contributed by atoms with Gasteiger partial charge in [-0.15, -0.1) is 0 Å². The van der Waals surface area contributed by atoms with Crippen molar-refractivity contribution in [1.29, 1.82) is 0 Å². The second-order valence-corrected chi connectivity index (χ2v) is 5.82. The number of hydrogen-bond donors (Lipinski definition) is 2. The predicted molar refractivity (Wildman–Crippen MR) is 95.7 cm³/mol. The molecule has 6 nitrogen and oxygen atoms in total. The topological polar surface area (TPSA) is 90.0 Å². The van der Waals surface area contributed by atoms with Crippen LogP contribution in [-0.4, -0.2) is 21.6 Å². The number of nitrogens with two attached hydrogens (primary N) is 1. The van der Waals surface area contributed by atoms with Crippen LogP contribution in [0, 0.1) is 0 Å². The molecule has 3 N–H and O–H groups in total. The zero-order valence-corrected chi connectivity index (χ0v) is 13.9. The number of primary amides is 1. The monoisotopic (exact) mass is 354 g/mol. The number of carbonyl (C=O) groups excluding carboxylic acids is 2. The van der Waals surface area contributed by atoms with Crippen molar-refractivity contribution in [3.8, 4) is 0 Å². The van der Waals surface area contributed by atoms with Gasteiger partial charge in [-0.05, 0) is 29.8 Å². The maximum absolute atomic E-state index is 12.3. The standard InChI is InChI=1S/C18H15ClN4O2/c19-16-7-2-1-4-13(16)10-23-11-14(9-21-23)18(25)22-15-6-3-5-12(8-15)17(20)24/h1-9,11H,10H2,(H2,20,24)(H,22,25). The number of anilines is 1. The Bertz CT molecular complexity index is 936. The van der Waals surface area contributed by atoms with Gasteiger partial charge in [-0.2, -0.15) is 5.10 Å². The molecule has 7 heteroatoms. The second-order valence-electron chi connectivity index (χ2n) is 5.42. The molecule has 0 bridgehead atoms. The lowest BCUT2D eigenvalue weighted by Gasteiger charge is -2.05. The number of nitrogens with zero attached hydrogens (tertiary/aromatic N) is 2. The van der Waals surface area contributed by atoms with E-state index in [2.05, 4.69) is 10.4 Å². The number of amides is 2. The highest BCUT2D eigenvalue weighted by atomic mass is 35.5. The first kappa shape index (κ1) is 16.7. The molecule has 0 radical (unpaired) electrons. The average molecular weight is 355 g/mol. The number of nitrogens with one attached hydrogen (secondary N) is 1. The van der Waals surface area contributed by atoms with Gasteiger partial charge in [0.15, 0.2) is 0 Å². The number of aromatic nitrogens is 2. The van der Waals surface area contributed by atoms with E-state index < -0.39 is 5.91 Å². The Morgan fingerprint density at radius 1 is 1.12 bits per heavy atom. The molecule has 3 rings (SSSR count). The van der Waals surface area contributed by atoms with Crippen LogP contribution in [0.3, 0.4) is 0 Å². The fraction of sp³-hybridized carbons (Fsp3) is 0.0556. The van der Waals surface area contributed by atoms with Gasteiger partial charge in [0.05, 0.1) is 18.3 Å². The Morgan fingerprint density at radius 2 is 1.92 bits per heavy atom. The molecular weight excluding hydrogens is 340 g/mol. The molecule has 2 amide bonds. The lowest BCUT2D eigenvalue weighted by atomic mass is 10.2. The lowest BCUT2D eigenvalue weighted by Crippen LogP contribution is -2.14. The summed E-state index contributed by atoms with van der Waals surface area (Å²) in [6.07, 6.45) is 3.11. The van der Waals surface area contributed by atoms with Gasteiger partial charge in [-0.1, -0.05) is 35.9 Å². The normalized spacial score (nSPS) is 10.4. The maximum Gasteiger partial charge on any atom is 0.258 e. The third-order valence-electron chi connectivity index (χ3n) is 3.59. The van der Waals surface area contributed by atoms with E-state index in [-0.39, 0.29) is 5.91 Å². The quantitative estimate of drug-likeness (QED) is 0.738. The molecule has 0 atom stereocenters. The van der Waals surface area contributed by atoms with Gasteiger partial charge in [0.1, 0.15) is 0 Å². The summed E-state index contributed by atoms with van der Waals surface area (Å²) in [5, 5.41) is 7.55. The van der Waals surface area contributed by atoms with E-state index in [4.69, 9.17) is 17.3 Å². The summed E-state index contributed by atoms with van der Waals surface area (Å²) in [4.78, 5) is 23.5. The highest BCUT2D eigenvalue weighted by Crippen LogP contribution is 2.16. The van der Waals surface area contributed by atoms with Crippen LogP contribution in [0.1, 0.15) is 26.3 Å².